The van der Waals surface area contributed by atoms with Gasteiger partial charge in [0.25, 0.3) is 0 Å². The van der Waals surface area contributed by atoms with Crippen molar-refractivity contribution in [3.05, 3.63) is 65.4 Å². The second-order valence-corrected chi connectivity index (χ2v) is 4.71. The Morgan fingerprint density at radius 1 is 1.29 bits per heavy atom. The first kappa shape index (κ1) is 13.2. The topological polar surface area (TPSA) is 67.6 Å². The number of rotatable bonds is 5. The Morgan fingerprint density at radius 2 is 2.10 bits per heavy atom. The van der Waals surface area contributed by atoms with Crippen molar-refractivity contribution in [1.82, 2.24) is 19.1 Å². The lowest BCUT2D eigenvalue weighted by Crippen LogP contribution is -2.13. The molecule has 1 aromatic carbocycles. The van der Waals surface area contributed by atoms with E-state index in [1.807, 2.05) is 36.8 Å². The molecule has 6 nitrogen and oxygen atoms in total. The smallest absolute Gasteiger partial charge is 0.330 e. The summed E-state index contributed by atoms with van der Waals surface area (Å²) >= 11 is 0. The molecule has 6 heteroatoms. The summed E-state index contributed by atoms with van der Waals surface area (Å²) in [6.45, 7) is 3.72. The second kappa shape index (κ2) is 5.70. The van der Waals surface area contributed by atoms with E-state index in [1.165, 1.54) is 0 Å². The van der Waals surface area contributed by atoms with Crippen LogP contribution in [0.2, 0.25) is 0 Å². The maximum absolute atomic E-state index is 11.5. The van der Waals surface area contributed by atoms with Gasteiger partial charge in [-0.15, -0.1) is 0 Å². The molecule has 0 aliphatic heterocycles. The number of aromatic amines is 1. The van der Waals surface area contributed by atoms with Gasteiger partial charge in [0.2, 0.25) is 0 Å². The number of hydrogen-bond donors (Lipinski definition) is 2. The molecule has 0 fully saturated rings. The molecule has 2 aromatic heterocycles. The largest absolute Gasteiger partial charge is 0.379 e. The monoisotopic (exact) mass is 283 g/mol. The molecule has 0 bridgehead atoms. The highest BCUT2D eigenvalue weighted by Gasteiger charge is 2.02. The molecule has 0 amide bonds. The molecule has 0 radical (unpaired) electrons. The van der Waals surface area contributed by atoms with Crippen molar-refractivity contribution in [2.45, 2.75) is 20.0 Å². The van der Waals surface area contributed by atoms with Crippen molar-refractivity contribution in [1.29, 1.82) is 0 Å². The molecule has 0 unspecified atom stereocenters. The van der Waals surface area contributed by atoms with Gasteiger partial charge >= 0.3 is 5.69 Å². The number of aryl methyl sites for hydroxylation is 1. The highest BCUT2D eigenvalue weighted by molar-refractivity contribution is 5.48. The average molecular weight is 283 g/mol. The minimum atomic E-state index is -0.137. The molecule has 0 saturated heterocycles. The first-order valence-electron chi connectivity index (χ1n) is 6.87. The third kappa shape index (κ3) is 2.74. The van der Waals surface area contributed by atoms with Crippen LogP contribution in [0.4, 0.5) is 5.69 Å². The lowest BCUT2D eigenvalue weighted by molar-refractivity contribution is 0.719. The van der Waals surface area contributed by atoms with Crippen LogP contribution in [0.25, 0.3) is 5.69 Å². The van der Waals surface area contributed by atoms with E-state index in [9.17, 15) is 4.79 Å². The third-order valence-electron chi connectivity index (χ3n) is 3.41. The zero-order valence-corrected chi connectivity index (χ0v) is 11.8. The molecule has 21 heavy (non-hydrogen) atoms. The number of benzene rings is 1. The van der Waals surface area contributed by atoms with Crippen LogP contribution in [-0.2, 0) is 13.1 Å². The molecule has 0 spiro atoms. The summed E-state index contributed by atoms with van der Waals surface area (Å²) in [4.78, 5) is 18.3. The fourth-order valence-corrected chi connectivity index (χ4v) is 2.24. The summed E-state index contributed by atoms with van der Waals surface area (Å²) in [6.07, 6.45) is 7.04. The van der Waals surface area contributed by atoms with Crippen LogP contribution in [-0.4, -0.2) is 19.1 Å². The Kier molecular flexibility index (Phi) is 3.59. The zero-order valence-electron chi connectivity index (χ0n) is 11.8. The molecular formula is C15H17N5O. The van der Waals surface area contributed by atoms with E-state index >= 15 is 0 Å². The first-order chi connectivity index (χ1) is 10.3. The molecule has 3 aromatic rings. The van der Waals surface area contributed by atoms with Crippen LogP contribution in [0.1, 0.15) is 12.6 Å². The summed E-state index contributed by atoms with van der Waals surface area (Å²) in [6, 6.07) is 7.74. The molecule has 0 atom stereocenters. The van der Waals surface area contributed by atoms with Gasteiger partial charge in [0.1, 0.15) is 0 Å². The van der Waals surface area contributed by atoms with Crippen LogP contribution in [0.3, 0.4) is 0 Å². The molecule has 3 rings (SSSR count). The zero-order chi connectivity index (χ0) is 14.7. The summed E-state index contributed by atoms with van der Waals surface area (Å²) in [7, 11) is 0. The van der Waals surface area contributed by atoms with Crippen molar-refractivity contribution in [3.63, 3.8) is 0 Å². The molecule has 0 aliphatic rings. The Balaban J connectivity index is 1.70. The minimum absolute atomic E-state index is 0.137. The Morgan fingerprint density at radius 3 is 2.76 bits per heavy atom. The fraction of sp³-hybridized carbons (Fsp3) is 0.200. The van der Waals surface area contributed by atoms with Crippen LogP contribution in [0, 0.1) is 0 Å². The van der Waals surface area contributed by atoms with Gasteiger partial charge in [-0.25, -0.2) is 9.78 Å². The Hall–Kier alpha value is -2.76. The van der Waals surface area contributed by atoms with E-state index < -0.39 is 0 Å². The maximum Gasteiger partial charge on any atom is 0.330 e. The molecular weight excluding hydrogens is 266 g/mol. The van der Waals surface area contributed by atoms with Gasteiger partial charge in [-0.05, 0) is 31.2 Å². The van der Waals surface area contributed by atoms with Crippen LogP contribution < -0.4 is 11.0 Å². The van der Waals surface area contributed by atoms with Crippen LogP contribution in [0.5, 0.6) is 0 Å². The number of imidazole rings is 2. The number of aromatic nitrogens is 4. The fourth-order valence-electron chi connectivity index (χ4n) is 2.24. The summed E-state index contributed by atoms with van der Waals surface area (Å²) in [5.74, 6) is 0. The van der Waals surface area contributed by atoms with Crippen molar-refractivity contribution in [3.8, 4) is 5.69 Å². The average Bonchev–Trinajstić information content (AvgIpc) is 3.14. The van der Waals surface area contributed by atoms with E-state index in [2.05, 4.69) is 26.8 Å². The van der Waals surface area contributed by atoms with Gasteiger partial charge < -0.3 is 14.9 Å². The van der Waals surface area contributed by atoms with Crippen molar-refractivity contribution >= 4 is 5.69 Å². The second-order valence-electron chi connectivity index (χ2n) is 4.71. The Labute approximate surface area is 122 Å². The number of H-pyrrole nitrogens is 1. The van der Waals surface area contributed by atoms with Crippen LogP contribution in [0.15, 0.2) is 54.0 Å². The van der Waals surface area contributed by atoms with E-state index in [1.54, 1.807) is 17.0 Å². The van der Waals surface area contributed by atoms with Gasteiger partial charge in [0.15, 0.2) is 0 Å². The normalized spacial score (nSPS) is 10.7. The minimum Gasteiger partial charge on any atom is -0.379 e. The van der Waals surface area contributed by atoms with E-state index in [0.29, 0.717) is 0 Å². The standard InChI is InChI=1S/C15H17N5O/c1-2-19-11-16-9-14(19)10-18-12-3-5-13(6-4-12)20-8-7-17-15(20)21/h3-9,11,18H,2,10H2,1H3,(H,17,21). The maximum atomic E-state index is 11.5. The van der Waals surface area contributed by atoms with Gasteiger partial charge in [-0.2, -0.15) is 0 Å². The Bertz CT molecular complexity index is 766. The van der Waals surface area contributed by atoms with Crippen LogP contribution >= 0.6 is 0 Å². The molecule has 0 aliphatic carbocycles. The predicted octanol–water partition coefficient (Wildman–Crippen LogP) is 1.99. The predicted molar refractivity (Wildman–Crippen MR) is 81.6 cm³/mol. The van der Waals surface area contributed by atoms with Gasteiger partial charge in [0.05, 0.1) is 24.3 Å². The quantitative estimate of drug-likeness (QED) is 0.752. The molecule has 0 saturated carbocycles. The van der Waals surface area contributed by atoms with Gasteiger partial charge in [-0.1, -0.05) is 0 Å². The lowest BCUT2D eigenvalue weighted by Gasteiger charge is -2.09. The molecule has 108 valence electrons. The number of nitrogens with one attached hydrogen (secondary N) is 2. The first-order valence-corrected chi connectivity index (χ1v) is 6.87. The highest BCUT2D eigenvalue weighted by atomic mass is 16.1. The summed E-state index contributed by atoms with van der Waals surface area (Å²) in [5.41, 5.74) is 2.85. The number of hydrogen-bond acceptors (Lipinski definition) is 3. The summed E-state index contributed by atoms with van der Waals surface area (Å²) in [5, 5.41) is 3.35. The van der Waals surface area contributed by atoms with Crippen molar-refractivity contribution in [2.75, 3.05) is 5.32 Å². The van der Waals surface area contributed by atoms with E-state index in [4.69, 9.17) is 0 Å². The van der Waals surface area contributed by atoms with Gasteiger partial charge in [-0.3, -0.25) is 4.57 Å². The third-order valence-corrected chi connectivity index (χ3v) is 3.41. The highest BCUT2D eigenvalue weighted by Crippen LogP contribution is 2.13. The number of nitrogens with zero attached hydrogens (tertiary/aromatic N) is 3. The molecule has 2 heterocycles. The summed E-state index contributed by atoms with van der Waals surface area (Å²) < 4.78 is 3.66. The van der Waals surface area contributed by atoms with E-state index in [0.717, 1.165) is 30.2 Å². The van der Waals surface area contributed by atoms with Crippen molar-refractivity contribution < 1.29 is 0 Å². The van der Waals surface area contributed by atoms with Gasteiger partial charge in [0, 0.05) is 30.8 Å². The lowest BCUT2D eigenvalue weighted by atomic mass is 10.2. The molecule has 2 N–H and O–H groups in total. The van der Waals surface area contributed by atoms with E-state index in [-0.39, 0.29) is 5.69 Å². The van der Waals surface area contributed by atoms with Crippen molar-refractivity contribution in [2.24, 2.45) is 0 Å². The number of anilines is 1. The SMILES string of the molecule is CCn1cncc1CNc1ccc(-n2cc[nH]c2=O)cc1.